The van der Waals surface area contributed by atoms with Crippen LogP contribution in [0.3, 0.4) is 0 Å². The van der Waals surface area contributed by atoms with Gasteiger partial charge in [0.2, 0.25) is 11.6 Å². The highest BCUT2D eigenvalue weighted by Gasteiger charge is 2.11. The van der Waals surface area contributed by atoms with Gasteiger partial charge in [0, 0.05) is 0 Å². The lowest BCUT2D eigenvalue weighted by Gasteiger charge is -2.04. The Morgan fingerprint density at radius 3 is 2.94 bits per heavy atom. The van der Waals surface area contributed by atoms with E-state index in [4.69, 9.17) is 0 Å². The lowest BCUT2D eigenvalue weighted by Crippen LogP contribution is -2.01. The fourth-order valence-corrected chi connectivity index (χ4v) is 1.96. The molecule has 0 saturated carbocycles. The predicted molar refractivity (Wildman–Crippen MR) is 60.6 cm³/mol. The lowest BCUT2D eigenvalue weighted by atomic mass is 10.2. The number of benzene rings is 1. The van der Waals surface area contributed by atoms with E-state index in [1.54, 1.807) is 0 Å². The maximum Gasteiger partial charge on any atom is 0.248 e. The molecular formula is C10H10F2N4S. The molecule has 90 valence electrons. The Balaban J connectivity index is 2.24. The van der Waals surface area contributed by atoms with Gasteiger partial charge in [-0.15, -0.1) is 5.10 Å². The summed E-state index contributed by atoms with van der Waals surface area (Å²) in [5, 5.41) is 11.4. The number of aryl methyl sites for hydroxylation is 1. The summed E-state index contributed by atoms with van der Waals surface area (Å²) in [5.74, 6) is -0.313. The Bertz CT molecular complexity index is 501. The van der Waals surface area contributed by atoms with Gasteiger partial charge in [-0.2, -0.15) is 4.68 Å². The normalized spacial score (nSPS) is 11.1. The maximum absolute atomic E-state index is 12.1. The third-order valence-corrected chi connectivity index (χ3v) is 2.96. The molecule has 0 N–H and O–H groups in total. The van der Waals surface area contributed by atoms with E-state index >= 15 is 0 Å². The van der Waals surface area contributed by atoms with Crippen molar-refractivity contribution < 1.29 is 8.78 Å². The Kier molecular flexibility index (Phi) is 3.68. The smallest absolute Gasteiger partial charge is 0.210 e. The monoisotopic (exact) mass is 256 g/mol. The van der Waals surface area contributed by atoms with Crippen molar-refractivity contribution in [3.63, 3.8) is 0 Å². The number of rotatable bonds is 4. The van der Waals surface area contributed by atoms with E-state index in [9.17, 15) is 8.78 Å². The molecule has 0 saturated heterocycles. The molecule has 0 aliphatic carbocycles. The number of hydrogen-bond acceptors (Lipinski definition) is 4. The molecule has 0 aliphatic rings. The van der Waals surface area contributed by atoms with Crippen molar-refractivity contribution in [2.24, 2.45) is 0 Å². The van der Waals surface area contributed by atoms with Gasteiger partial charge in [0.1, 0.15) is 0 Å². The van der Waals surface area contributed by atoms with Gasteiger partial charge in [0.15, 0.2) is 0 Å². The molecule has 17 heavy (non-hydrogen) atoms. The highest BCUT2D eigenvalue weighted by Crippen LogP contribution is 2.20. The van der Waals surface area contributed by atoms with Crippen LogP contribution in [0.4, 0.5) is 8.78 Å². The SMILES string of the molecule is Cc1cccc(-n2nnnc2SCC(F)F)c1. The van der Waals surface area contributed by atoms with Crippen LogP contribution in [0.2, 0.25) is 0 Å². The van der Waals surface area contributed by atoms with Crippen LogP contribution in [0, 0.1) is 6.92 Å². The van der Waals surface area contributed by atoms with Gasteiger partial charge in [-0.25, -0.2) is 8.78 Å². The summed E-state index contributed by atoms with van der Waals surface area (Å²) in [7, 11) is 0. The molecule has 4 nitrogen and oxygen atoms in total. The third-order valence-electron chi connectivity index (χ3n) is 2.03. The van der Waals surface area contributed by atoms with Crippen molar-refractivity contribution in [2.45, 2.75) is 18.5 Å². The molecule has 1 aromatic carbocycles. The van der Waals surface area contributed by atoms with Gasteiger partial charge in [-0.3, -0.25) is 0 Å². The van der Waals surface area contributed by atoms with Crippen LogP contribution in [0.15, 0.2) is 29.4 Å². The number of tetrazole rings is 1. The molecule has 2 rings (SSSR count). The molecule has 0 unspecified atom stereocenters. The van der Waals surface area contributed by atoms with Crippen LogP contribution >= 0.6 is 11.8 Å². The summed E-state index contributed by atoms with van der Waals surface area (Å²) in [4.78, 5) is 0. The maximum atomic E-state index is 12.1. The summed E-state index contributed by atoms with van der Waals surface area (Å²) < 4.78 is 25.7. The Morgan fingerprint density at radius 1 is 1.41 bits per heavy atom. The average Bonchev–Trinajstić information content (AvgIpc) is 2.74. The van der Waals surface area contributed by atoms with Crippen LogP contribution in [0.25, 0.3) is 5.69 Å². The molecule has 0 amide bonds. The molecule has 1 aromatic heterocycles. The van der Waals surface area contributed by atoms with Gasteiger partial charge >= 0.3 is 0 Å². The predicted octanol–water partition coefficient (Wildman–Crippen LogP) is 2.33. The minimum atomic E-state index is -2.37. The van der Waals surface area contributed by atoms with E-state index < -0.39 is 6.43 Å². The molecule has 7 heteroatoms. The number of alkyl halides is 2. The van der Waals surface area contributed by atoms with Gasteiger partial charge in [-0.05, 0) is 35.0 Å². The van der Waals surface area contributed by atoms with Gasteiger partial charge < -0.3 is 0 Å². The molecule has 1 heterocycles. The standard InChI is InChI=1S/C10H10F2N4S/c1-7-3-2-4-8(5-7)16-10(13-14-15-16)17-6-9(11)12/h2-5,9H,6H2,1H3. The molecule has 0 bridgehead atoms. The first kappa shape index (κ1) is 12.0. The van der Waals surface area contributed by atoms with Crippen molar-refractivity contribution in [1.29, 1.82) is 0 Å². The topological polar surface area (TPSA) is 43.6 Å². The zero-order valence-corrected chi connectivity index (χ0v) is 9.86. The van der Waals surface area contributed by atoms with Crippen molar-refractivity contribution in [3.05, 3.63) is 29.8 Å². The first-order chi connectivity index (χ1) is 8.16. The van der Waals surface area contributed by atoms with E-state index in [1.807, 2.05) is 31.2 Å². The second-order valence-electron chi connectivity index (χ2n) is 3.41. The first-order valence-electron chi connectivity index (χ1n) is 4.93. The Hall–Kier alpha value is -1.50. The molecule has 2 aromatic rings. The number of thioether (sulfide) groups is 1. The second-order valence-corrected chi connectivity index (χ2v) is 4.40. The van der Waals surface area contributed by atoms with E-state index in [-0.39, 0.29) is 5.75 Å². The lowest BCUT2D eigenvalue weighted by molar-refractivity contribution is 0.176. The fourth-order valence-electron chi connectivity index (χ4n) is 1.33. The fraction of sp³-hybridized carbons (Fsp3) is 0.300. The summed E-state index contributed by atoms with van der Waals surface area (Å²) in [5.41, 5.74) is 1.83. The van der Waals surface area contributed by atoms with Gasteiger partial charge in [-0.1, -0.05) is 23.9 Å². The summed E-state index contributed by atoms with van der Waals surface area (Å²) >= 11 is 0.939. The van der Waals surface area contributed by atoms with Crippen LogP contribution < -0.4 is 0 Å². The largest absolute Gasteiger partial charge is 0.248 e. The van der Waals surface area contributed by atoms with E-state index in [1.165, 1.54) is 4.68 Å². The van der Waals surface area contributed by atoms with E-state index in [2.05, 4.69) is 15.5 Å². The third kappa shape index (κ3) is 3.00. The highest BCUT2D eigenvalue weighted by molar-refractivity contribution is 7.99. The summed E-state index contributed by atoms with van der Waals surface area (Å²) in [6.45, 7) is 1.94. The summed E-state index contributed by atoms with van der Waals surface area (Å²) in [6.07, 6.45) is -2.37. The van der Waals surface area contributed by atoms with Gasteiger partial charge in [0.25, 0.3) is 0 Å². The summed E-state index contributed by atoms with van der Waals surface area (Å²) in [6, 6.07) is 7.53. The first-order valence-corrected chi connectivity index (χ1v) is 5.92. The number of halogens is 2. The van der Waals surface area contributed by atoms with Crippen molar-refractivity contribution in [3.8, 4) is 5.69 Å². The van der Waals surface area contributed by atoms with Crippen LogP contribution in [0.1, 0.15) is 5.56 Å². The zero-order chi connectivity index (χ0) is 12.3. The molecular weight excluding hydrogens is 246 g/mol. The average molecular weight is 256 g/mol. The number of nitrogens with zero attached hydrogens (tertiary/aromatic N) is 4. The number of hydrogen-bond donors (Lipinski definition) is 0. The van der Waals surface area contributed by atoms with E-state index in [0.29, 0.717) is 5.16 Å². The van der Waals surface area contributed by atoms with Crippen LogP contribution in [-0.2, 0) is 0 Å². The number of aromatic nitrogens is 4. The van der Waals surface area contributed by atoms with Crippen molar-refractivity contribution >= 4 is 11.8 Å². The molecule has 0 radical (unpaired) electrons. The van der Waals surface area contributed by atoms with Gasteiger partial charge in [0.05, 0.1) is 11.4 Å². The minimum absolute atomic E-state index is 0.313. The van der Waals surface area contributed by atoms with Crippen molar-refractivity contribution in [2.75, 3.05) is 5.75 Å². The second kappa shape index (κ2) is 5.22. The quantitative estimate of drug-likeness (QED) is 0.787. The Morgan fingerprint density at radius 2 is 2.24 bits per heavy atom. The van der Waals surface area contributed by atoms with Crippen LogP contribution in [0.5, 0.6) is 0 Å². The van der Waals surface area contributed by atoms with Crippen LogP contribution in [-0.4, -0.2) is 32.4 Å². The molecule has 0 atom stereocenters. The van der Waals surface area contributed by atoms with E-state index in [0.717, 1.165) is 23.0 Å². The molecule has 0 spiro atoms. The minimum Gasteiger partial charge on any atom is -0.210 e. The molecule has 0 aliphatic heterocycles. The van der Waals surface area contributed by atoms with Crippen molar-refractivity contribution in [1.82, 2.24) is 20.2 Å². The Labute approximate surface area is 101 Å². The highest BCUT2D eigenvalue weighted by atomic mass is 32.2. The molecule has 0 fully saturated rings. The zero-order valence-electron chi connectivity index (χ0n) is 9.05.